The van der Waals surface area contributed by atoms with Crippen LogP contribution in [-0.4, -0.2) is 33.8 Å². The Morgan fingerprint density at radius 1 is 1.26 bits per heavy atom. The number of hydrogen-bond donors (Lipinski definition) is 3. The number of nitrogens with one attached hydrogen (secondary N) is 2. The van der Waals surface area contributed by atoms with Crippen LogP contribution >= 0.6 is 11.6 Å². The molecular weight excluding hydrogens is 448 g/mol. The van der Waals surface area contributed by atoms with E-state index in [1.165, 1.54) is 5.57 Å². The molecule has 0 saturated heterocycles. The smallest absolute Gasteiger partial charge is 0.226 e. The molecule has 1 saturated carbocycles. The zero-order valence-electron chi connectivity index (χ0n) is 21.5. The topological polar surface area (TPSA) is 79.3 Å². The minimum atomic E-state index is 0.134. The van der Waals surface area contributed by atoms with E-state index in [9.17, 15) is 5.11 Å². The zero-order chi connectivity index (χ0) is 25.4. The predicted octanol–water partition coefficient (Wildman–Crippen LogP) is 6.82. The zero-order valence-corrected chi connectivity index (χ0v) is 22.2. The van der Waals surface area contributed by atoms with Gasteiger partial charge in [-0.05, 0) is 69.9 Å². The minimum absolute atomic E-state index is 0.134. The normalized spacial score (nSPS) is 23.2. The molecule has 4 unspecified atom stereocenters. The van der Waals surface area contributed by atoms with Crippen molar-refractivity contribution in [2.75, 3.05) is 17.2 Å². The number of halogens is 1. The van der Waals surface area contributed by atoms with Crippen LogP contribution in [0, 0.1) is 17.8 Å². The first-order valence-corrected chi connectivity index (χ1v) is 12.6. The van der Waals surface area contributed by atoms with Crippen LogP contribution in [0.5, 0.6) is 0 Å². The fourth-order valence-corrected chi connectivity index (χ4v) is 4.39. The van der Waals surface area contributed by atoms with Crippen molar-refractivity contribution < 1.29 is 9.84 Å². The van der Waals surface area contributed by atoms with Gasteiger partial charge in [-0.2, -0.15) is 4.98 Å². The number of ether oxygens (including phenoxy) is 1. The number of aliphatic hydroxyl groups is 1. The molecular formula is C27H41ClN4O2. The summed E-state index contributed by atoms with van der Waals surface area (Å²) in [5.41, 5.74) is 1.88. The molecule has 1 aliphatic rings. The van der Waals surface area contributed by atoms with Gasteiger partial charge >= 0.3 is 0 Å². The van der Waals surface area contributed by atoms with Gasteiger partial charge in [0.05, 0.1) is 5.56 Å². The monoisotopic (exact) mass is 488 g/mol. The van der Waals surface area contributed by atoms with Crippen molar-refractivity contribution in [1.82, 2.24) is 9.97 Å². The second-order valence-electron chi connectivity index (χ2n) is 9.49. The van der Waals surface area contributed by atoms with E-state index in [0.717, 1.165) is 12.8 Å². The lowest BCUT2D eigenvalue weighted by atomic mass is 9.92. The molecule has 1 aromatic rings. The number of nitrogens with zero attached hydrogens (tertiary/aromatic N) is 2. The van der Waals surface area contributed by atoms with Gasteiger partial charge in [0.2, 0.25) is 5.95 Å². The van der Waals surface area contributed by atoms with E-state index in [0.29, 0.717) is 47.1 Å². The molecule has 1 aliphatic carbocycles. The van der Waals surface area contributed by atoms with Crippen molar-refractivity contribution >= 4 is 29.1 Å². The highest BCUT2D eigenvalue weighted by Gasteiger charge is 2.38. The van der Waals surface area contributed by atoms with Crippen LogP contribution in [0.4, 0.5) is 11.8 Å². The van der Waals surface area contributed by atoms with Crippen LogP contribution in [0.3, 0.4) is 0 Å². The van der Waals surface area contributed by atoms with Gasteiger partial charge < -0.3 is 20.5 Å². The lowest BCUT2D eigenvalue weighted by molar-refractivity contribution is 0.191. The molecule has 0 radical (unpaired) electrons. The standard InChI is InChI=1S/C27H41ClN4O2/c1-9-17(5)12-11-13-23(34-18(6)10-2)24-25(28)31-27(29-16(3)4)32-26(24)30-22-14-21(15-33)19(7)20(22)8/h10,12-13,16,19-22,33H,2,6,9,11,14-15H2,1,3-5,7-8H3,(H2,29,30,31,32). The molecule has 1 aromatic heterocycles. The maximum absolute atomic E-state index is 9.82. The molecule has 0 aromatic carbocycles. The maximum Gasteiger partial charge on any atom is 0.226 e. The van der Waals surface area contributed by atoms with Crippen LogP contribution in [0.15, 0.2) is 42.7 Å². The Labute approximate surface area is 210 Å². The molecule has 3 N–H and O–H groups in total. The summed E-state index contributed by atoms with van der Waals surface area (Å²) in [5, 5.41) is 17.0. The van der Waals surface area contributed by atoms with E-state index in [1.807, 2.05) is 19.9 Å². The quantitative estimate of drug-likeness (QED) is 0.130. The number of allylic oxidation sites excluding steroid dienone is 4. The summed E-state index contributed by atoms with van der Waals surface area (Å²) >= 11 is 6.75. The highest BCUT2D eigenvalue weighted by molar-refractivity contribution is 6.31. The fourth-order valence-electron chi connectivity index (χ4n) is 4.13. The molecule has 0 spiro atoms. The third kappa shape index (κ3) is 7.34. The van der Waals surface area contributed by atoms with E-state index in [4.69, 9.17) is 21.3 Å². The summed E-state index contributed by atoms with van der Waals surface area (Å²) in [6, 6.07) is 0.280. The van der Waals surface area contributed by atoms with E-state index >= 15 is 0 Å². The molecule has 2 rings (SSSR count). The van der Waals surface area contributed by atoms with Crippen molar-refractivity contribution in [2.24, 2.45) is 17.8 Å². The summed E-state index contributed by atoms with van der Waals surface area (Å²) in [4.78, 5) is 9.29. The van der Waals surface area contributed by atoms with Crippen molar-refractivity contribution in [3.63, 3.8) is 0 Å². The van der Waals surface area contributed by atoms with Crippen LogP contribution < -0.4 is 10.6 Å². The first-order chi connectivity index (χ1) is 16.1. The minimum Gasteiger partial charge on any atom is -0.457 e. The molecule has 4 atom stereocenters. The first kappa shape index (κ1) is 27.9. The lowest BCUT2D eigenvalue weighted by Gasteiger charge is -2.24. The van der Waals surface area contributed by atoms with Gasteiger partial charge in [0.25, 0.3) is 0 Å². The number of aliphatic hydroxyl groups excluding tert-OH is 1. The summed E-state index contributed by atoms with van der Waals surface area (Å²) in [6.45, 7) is 20.5. The Morgan fingerprint density at radius 2 is 1.97 bits per heavy atom. The molecule has 1 heterocycles. The third-order valence-corrected chi connectivity index (χ3v) is 6.92. The Hall–Kier alpha value is -2.31. The molecule has 0 amide bonds. The van der Waals surface area contributed by atoms with E-state index in [1.54, 1.807) is 6.08 Å². The van der Waals surface area contributed by atoms with E-state index in [-0.39, 0.29) is 29.8 Å². The second-order valence-corrected chi connectivity index (χ2v) is 9.85. The van der Waals surface area contributed by atoms with Gasteiger partial charge in [-0.1, -0.05) is 57.2 Å². The van der Waals surface area contributed by atoms with Crippen LogP contribution in [0.2, 0.25) is 5.15 Å². The molecule has 1 fully saturated rings. The summed E-state index contributed by atoms with van der Waals surface area (Å²) in [6.07, 6.45) is 8.19. The SMILES string of the molecule is C=CC(=C)OC(=CCC=C(C)CC)c1c(Cl)nc(NC(C)C)nc1NC1CC(CO)C(C)C1C. The van der Waals surface area contributed by atoms with Gasteiger partial charge in [0, 0.05) is 18.7 Å². The molecule has 0 bridgehead atoms. The van der Waals surface area contributed by atoms with Crippen molar-refractivity contribution in [1.29, 1.82) is 0 Å². The Balaban J connectivity index is 2.56. The molecule has 7 heteroatoms. The van der Waals surface area contributed by atoms with Crippen molar-refractivity contribution in [3.05, 3.63) is 53.4 Å². The maximum atomic E-state index is 9.82. The lowest BCUT2D eigenvalue weighted by Crippen LogP contribution is -2.26. The third-order valence-electron chi connectivity index (χ3n) is 6.65. The van der Waals surface area contributed by atoms with Gasteiger partial charge in [-0.15, -0.1) is 0 Å². The summed E-state index contributed by atoms with van der Waals surface area (Å²) in [5.74, 6) is 2.99. The molecule has 6 nitrogen and oxygen atoms in total. The second kappa shape index (κ2) is 13.0. The Kier molecular flexibility index (Phi) is 10.6. The average molecular weight is 489 g/mol. The Bertz CT molecular complexity index is 925. The highest BCUT2D eigenvalue weighted by Crippen LogP contribution is 2.40. The largest absolute Gasteiger partial charge is 0.457 e. The van der Waals surface area contributed by atoms with Crippen molar-refractivity contribution in [2.45, 2.75) is 72.9 Å². The van der Waals surface area contributed by atoms with Gasteiger partial charge in [-0.3, -0.25) is 0 Å². The van der Waals surface area contributed by atoms with Crippen LogP contribution in [0.25, 0.3) is 5.76 Å². The highest BCUT2D eigenvalue weighted by atomic mass is 35.5. The van der Waals surface area contributed by atoms with Crippen molar-refractivity contribution in [3.8, 4) is 0 Å². The summed E-state index contributed by atoms with van der Waals surface area (Å²) in [7, 11) is 0. The van der Waals surface area contributed by atoms with E-state index < -0.39 is 0 Å². The van der Waals surface area contributed by atoms with Crippen LogP contribution in [0.1, 0.15) is 66.4 Å². The number of aromatic nitrogens is 2. The summed E-state index contributed by atoms with van der Waals surface area (Å²) < 4.78 is 6.05. The fraction of sp³-hybridized carbons (Fsp3) is 0.556. The number of rotatable bonds is 12. The number of hydrogen-bond acceptors (Lipinski definition) is 6. The van der Waals surface area contributed by atoms with Gasteiger partial charge in [0.15, 0.2) is 0 Å². The van der Waals surface area contributed by atoms with Gasteiger partial charge in [-0.25, -0.2) is 4.98 Å². The van der Waals surface area contributed by atoms with Gasteiger partial charge in [0.1, 0.15) is 22.5 Å². The molecule has 188 valence electrons. The molecule has 34 heavy (non-hydrogen) atoms. The van der Waals surface area contributed by atoms with Crippen LogP contribution in [-0.2, 0) is 4.74 Å². The van der Waals surface area contributed by atoms with E-state index in [2.05, 4.69) is 62.5 Å². The average Bonchev–Trinajstić information content (AvgIpc) is 3.05. The predicted molar refractivity (Wildman–Crippen MR) is 144 cm³/mol. The molecule has 0 aliphatic heterocycles. The Morgan fingerprint density at radius 3 is 2.53 bits per heavy atom. The number of anilines is 2. The first-order valence-electron chi connectivity index (χ1n) is 12.2.